The predicted octanol–water partition coefficient (Wildman–Crippen LogP) is 6.11. The molecular formula is C24H25ClF2N4O. The number of amides is 1. The van der Waals surface area contributed by atoms with E-state index in [0.717, 1.165) is 26.1 Å². The molecule has 168 valence electrons. The Morgan fingerprint density at radius 3 is 2.66 bits per heavy atom. The number of carbonyl (C=O) groups is 1. The van der Waals surface area contributed by atoms with Crippen LogP contribution in [0.15, 0.2) is 42.6 Å². The average molecular weight is 459 g/mol. The molecule has 0 aliphatic carbocycles. The first kappa shape index (κ1) is 22.4. The third-order valence-electron chi connectivity index (χ3n) is 5.64. The fourth-order valence-electron chi connectivity index (χ4n) is 3.96. The van der Waals surface area contributed by atoms with Crippen LogP contribution in [0.2, 0.25) is 5.02 Å². The highest BCUT2D eigenvalue weighted by Crippen LogP contribution is 2.30. The summed E-state index contributed by atoms with van der Waals surface area (Å²) < 4.78 is 28.1. The van der Waals surface area contributed by atoms with Gasteiger partial charge < -0.3 is 15.5 Å². The summed E-state index contributed by atoms with van der Waals surface area (Å²) in [7, 11) is 0. The van der Waals surface area contributed by atoms with E-state index in [9.17, 15) is 13.6 Å². The smallest absolute Gasteiger partial charge is 0.224 e. The van der Waals surface area contributed by atoms with Gasteiger partial charge in [-0.2, -0.15) is 0 Å². The molecule has 2 heterocycles. The Balaban J connectivity index is 1.47. The largest absolute Gasteiger partial charge is 0.340 e. The molecule has 5 nitrogen and oxygen atoms in total. The van der Waals surface area contributed by atoms with Crippen LogP contribution in [0.1, 0.15) is 32.1 Å². The zero-order chi connectivity index (χ0) is 22.5. The van der Waals surface area contributed by atoms with E-state index in [1.165, 1.54) is 43.5 Å². The Morgan fingerprint density at radius 2 is 1.88 bits per heavy atom. The summed E-state index contributed by atoms with van der Waals surface area (Å²) in [5.41, 5.74) is 0.651. The van der Waals surface area contributed by atoms with Gasteiger partial charge in [-0.05, 0) is 80.7 Å². The van der Waals surface area contributed by atoms with E-state index in [1.807, 2.05) is 0 Å². The highest BCUT2D eigenvalue weighted by atomic mass is 35.5. The zero-order valence-corrected chi connectivity index (χ0v) is 18.4. The van der Waals surface area contributed by atoms with Crippen molar-refractivity contribution in [1.82, 2.24) is 9.88 Å². The van der Waals surface area contributed by atoms with Gasteiger partial charge in [-0.15, -0.1) is 0 Å². The maximum atomic E-state index is 14.6. The van der Waals surface area contributed by atoms with Crippen LogP contribution in [-0.4, -0.2) is 35.4 Å². The number of halogens is 3. The molecule has 32 heavy (non-hydrogen) atoms. The number of likely N-dealkylation sites (tertiary alicyclic amines) is 1. The lowest BCUT2D eigenvalue weighted by Gasteiger charge is -2.26. The molecular weight excluding hydrogens is 434 g/mol. The van der Waals surface area contributed by atoms with E-state index >= 15 is 0 Å². The van der Waals surface area contributed by atoms with E-state index in [0.29, 0.717) is 28.7 Å². The molecule has 1 amide bonds. The first-order valence-electron chi connectivity index (χ1n) is 10.8. The van der Waals surface area contributed by atoms with Gasteiger partial charge in [-0.3, -0.25) is 4.79 Å². The number of benzene rings is 2. The lowest BCUT2D eigenvalue weighted by Crippen LogP contribution is -2.31. The SMILES string of the molecule is O=C(CCCN1CCCCC1)Nc1cc2c(Nc3ccc(F)c(Cl)c3)nccc2cc1F. The predicted molar refractivity (Wildman–Crippen MR) is 125 cm³/mol. The summed E-state index contributed by atoms with van der Waals surface area (Å²) in [4.78, 5) is 19.1. The number of rotatable bonds is 7. The van der Waals surface area contributed by atoms with Gasteiger partial charge in [0.2, 0.25) is 5.91 Å². The Morgan fingerprint density at radius 1 is 1.06 bits per heavy atom. The van der Waals surface area contributed by atoms with Crippen LogP contribution in [0, 0.1) is 11.6 Å². The molecule has 8 heteroatoms. The molecule has 0 atom stereocenters. The van der Waals surface area contributed by atoms with Gasteiger partial charge in [-0.1, -0.05) is 18.0 Å². The highest BCUT2D eigenvalue weighted by molar-refractivity contribution is 6.31. The van der Waals surface area contributed by atoms with E-state index in [1.54, 1.807) is 18.3 Å². The number of hydrogen-bond donors (Lipinski definition) is 2. The number of piperidine rings is 1. The number of anilines is 3. The number of nitrogens with one attached hydrogen (secondary N) is 2. The molecule has 1 fully saturated rings. The summed E-state index contributed by atoms with van der Waals surface area (Å²) in [6, 6.07) is 8.86. The monoisotopic (exact) mass is 458 g/mol. The zero-order valence-electron chi connectivity index (χ0n) is 17.6. The Kier molecular flexibility index (Phi) is 7.17. The van der Waals surface area contributed by atoms with Crippen molar-refractivity contribution in [3.8, 4) is 0 Å². The first-order chi connectivity index (χ1) is 15.5. The van der Waals surface area contributed by atoms with Gasteiger partial charge in [0, 0.05) is 23.7 Å². The van der Waals surface area contributed by atoms with E-state index < -0.39 is 11.6 Å². The van der Waals surface area contributed by atoms with Crippen molar-refractivity contribution in [1.29, 1.82) is 0 Å². The molecule has 2 N–H and O–H groups in total. The summed E-state index contributed by atoms with van der Waals surface area (Å²) in [5, 5.41) is 7.00. The molecule has 0 spiro atoms. The van der Waals surface area contributed by atoms with Crippen LogP contribution in [0.4, 0.5) is 26.0 Å². The lowest BCUT2D eigenvalue weighted by atomic mass is 10.1. The van der Waals surface area contributed by atoms with Crippen LogP contribution in [0.25, 0.3) is 10.8 Å². The molecule has 1 aliphatic heterocycles. The van der Waals surface area contributed by atoms with Crippen LogP contribution in [-0.2, 0) is 4.79 Å². The van der Waals surface area contributed by atoms with Crippen molar-refractivity contribution < 1.29 is 13.6 Å². The van der Waals surface area contributed by atoms with Crippen molar-refractivity contribution in [2.75, 3.05) is 30.3 Å². The fourth-order valence-corrected chi connectivity index (χ4v) is 4.14. The number of nitrogens with zero attached hydrogens (tertiary/aromatic N) is 2. The second-order valence-corrected chi connectivity index (χ2v) is 8.43. The number of fused-ring (bicyclic) bond motifs is 1. The van der Waals surface area contributed by atoms with E-state index in [-0.39, 0.29) is 16.6 Å². The molecule has 1 aromatic heterocycles. The topological polar surface area (TPSA) is 57.3 Å². The van der Waals surface area contributed by atoms with Crippen LogP contribution >= 0.6 is 11.6 Å². The van der Waals surface area contributed by atoms with Crippen LogP contribution < -0.4 is 10.6 Å². The lowest BCUT2D eigenvalue weighted by molar-refractivity contribution is -0.116. The minimum atomic E-state index is -0.518. The summed E-state index contributed by atoms with van der Waals surface area (Å²) in [5.74, 6) is -0.797. The molecule has 4 rings (SSSR count). The van der Waals surface area contributed by atoms with Crippen LogP contribution in [0.5, 0.6) is 0 Å². The molecule has 1 saturated heterocycles. The fraction of sp³-hybridized carbons (Fsp3) is 0.333. The maximum Gasteiger partial charge on any atom is 0.224 e. The number of pyridine rings is 1. The molecule has 2 aromatic carbocycles. The molecule has 0 saturated carbocycles. The van der Waals surface area contributed by atoms with E-state index in [2.05, 4.69) is 20.5 Å². The maximum absolute atomic E-state index is 14.6. The average Bonchev–Trinajstić information content (AvgIpc) is 2.78. The Bertz CT molecular complexity index is 1120. The van der Waals surface area contributed by atoms with E-state index in [4.69, 9.17) is 11.6 Å². The minimum absolute atomic E-state index is 0.0150. The first-order valence-corrected chi connectivity index (χ1v) is 11.2. The molecule has 1 aliphatic rings. The Hall–Kier alpha value is -2.77. The van der Waals surface area contributed by atoms with Gasteiger partial charge in [0.15, 0.2) is 0 Å². The summed E-state index contributed by atoms with van der Waals surface area (Å²) >= 11 is 5.86. The van der Waals surface area contributed by atoms with Gasteiger partial charge in [-0.25, -0.2) is 13.8 Å². The third kappa shape index (κ3) is 5.53. The second kappa shape index (κ2) is 10.2. The summed E-state index contributed by atoms with van der Waals surface area (Å²) in [6.07, 6.45) is 6.32. The minimum Gasteiger partial charge on any atom is -0.340 e. The Labute approximate surface area is 190 Å². The van der Waals surface area contributed by atoms with Gasteiger partial charge in [0.05, 0.1) is 10.7 Å². The molecule has 0 unspecified atom stereocenters. The molecule has 0 bridgehead atoms. The van der Waals surface area contributed by atoms with Crippen molar-refractivity contribution in [3.05, 3.63) is 59.3 Å². The van der Waals surface area contributed by atoms with Gasteiger partial charge in [0.25, 0.3) is 0 Å². The number of hydrogen-bond acceptors (Lipinski definition) is 4. The number of carbonyl (C=O) groups excluding carboxylic acids is 1. The quantitative estimate of drug-likeness (QED) is 0.448. The molecule has 3 aromatic rings. The number of aromatic nitrogens is 1. The van der Waals surface area contributed by atoms with Gasteiger partial charge in [0.1, 0.15) is 17.5 Å². The van der Waals surface area contributed by atoms with Crippen molar-refractivity contribution in [3.63, 3.8) is 0 Å². The second-order valence-electron chi connectivity index (χ2n) is 8.02. The van der Waals surface area contributed by atoms with Crippen molar-refractivity contribution in [2.24, 2.45) is 0 Å². The van der Waals surface area contributed by atoms with Crippen LogP contribution in [0.3, 0.4) is 0 Å². The normalized spacial score (nSPS) is 14.5. The van der Waals surface area contributed by atoms with Crippen molar-refractivity contribution in [2.45, 2.75) is 32.1 Å². The summed E-state index contributed by atoms with van der Waals surface area (Å²) in [6.45, 7) is 3.05. The van der Waals surface area contributed by atoms with Gasteiger partial charge >= 0.3 is 0 Å². The molecule has 0 radical (unpaired) electrons. The highest BCUT2D eigenvalue weighted by Gasteiger charge is 2.14. The third-order valence-corrected chi connectivity index (χ3v) is 5.92. The standard InChI is InChI=1S/C24H25ClF2N4O/c25-19-14-17(6-7-20(19)26)29-24-18-15-22(21(27)13-16(18)8-9-28-24)30-23(32)5-4-12-31-10-2-1-3-11-31/h6-9,13-15H,1-5,10-12H2,(H,28,29)(H,30,32). The van der Waals surface area contributed by atoms with Crippen molar-refractivity contribution >= 4 is 45.5 Å².